The van der Waals surface area contributed by atoms with Crippen LogP contribution in [0.15, 0.2) is 24.3 Å². The lowest BCUT2D eigenvalue weighted by atomic mass is 9.93. The molecule has 0 atom stereocenters. The number of nitrogens with one attached hydrogen (secondary N) is 2. The number of H-pyrrole nitrogens is 2. The molecule has 0 fully saturated rings. The SMILES string of the molecule is N#Cc1c(N)nc2n[nH]c(N)c2c1-c1ccc(-c2c(C#N)c(N)nc3n[nH]c(N)c23)cc1. The standard InChI is InChI=1S/C20H14N12/c21-5-9-11(13-17(25)29-31-19(13)27-15(9)23)7-1-2-8(4-3-7)12-10(6-22)16(24)28-20-14(12)18(26)30-32-20/h1-4H,(H5,23,25,27,29,31)(H5,24,26,28,30,32). The summed E-state index contributed by atoms with van der Waals surface area (Å²) in [4.78, 5) is 8.28. The summed E-state index contributed by atoms with van der Waals surface area (Å²) < 4.78 is 0. The van der Waals surface area contributed by atoms with Gasteiger partial charge in [0.25, 0.3) is 0 Å². The Morgan fingerprint density at radius 2 is 1.03 bits per heavy atom. The quantitative estimate of drug-likeness (QED) is 0.240. The van der Waals surface area contributed by atoms with Gasteiger partial charge in [-0.25, -0.2) is 9.97 Å². The Morgan fingerprint density at radius 3 is 1.38 bits per heavy atom. The third-order valence-electron chi connectivity index (χ3n) is 5.20. The molecule has 0 saturated heterocycles. The van der Waals surface area contributed by atoms with E-state index in [1.54, 1.807) is 24.3 Å². The number of rotatable bonds is 2. The number of aromatic amines is 2. The number of benzene rings is 1. The molecule has 0 aliphatic carbocycles. The highest BCUT2D eigenvalue weighted by Crippen LogP contribution is 2.39. The van der Waals surface area contributed by atoms with Crippen molar-refractivity contribution in [2.75, 3.05) is 22.9 Å². The molecule has 10 N–H and O–H groups in total. The van der Waals surface area contributed by atoms with Crippen LogP contribution in [0.3, 0.4) is 0 Å². The van der Waals surface area contributed by atoms with Gasteiger partial charge in [-0.1, -0.05) is 24.3 Å². The predicted octanol–water partition coefficient (Wildman–Crippen LogP) is 1.64. The maximum absolute atomic E-state index is 9.68. The number of nitrogens with zero attached hydrogens (tertiary/aromatic N) is 6. The Balaban J connectivity index is 1.77. The van der Waals surface area contributed by atoms with Crippen LogP contribution >= 0.6 is 0 Å². The third kappa shape index (κ3) is 2.47. The monoisotopic (exact) mass is 422 g/mol. The van der Waals surface area contributed by atoms with E-state index in [0.717, 1.165) is 0 Å². The number of nitrogen functional groups attached to an aromatic ring is 4. The second-order valence-corrected chi connectivity index (χ2v) is 6.97. The van der Waals surface area contributed by atoms with Crippen molar-refractivity contribution < 1.29 is 0 Å². The molecule has 4 aromatic heterocycles. The molecule has 4 heterocycles. The summed E-state index contributed by atoms with van der Waals surface area (Å²) in [5.74, 6) is 0.633. The minimum atomic E-state index is 0.0483. The summed E-state index contributed by atoms with van der Waals surface area (Å²) in [7, 11) is 0. The largest absolute Gasteiger partial charge is 0.383 e. The topological polar surface area (TPSA) is 235 Å². The second kappa shape index (κ2) is 6.58. The van der Waals surface area contributed by atoms with Crippen LogP contribution in [0, 0.1) is 22.7 Å². The Kier molecular flexibility index (Phi) is 3.84. The van der Waals surface area contributed by atoms with Crippen LogP contribution in [0.1, 0.15) is 11.1 Å². The van der Waals surface area contributed by atoms with Crippen LogP contribution in [0.5, 0.6) is 0 Å². The van der Waals surface area contributed by atoms with Crippen molar-refractivity contribution in [2.45, 2.75) is 0 Å². The van der Waals surface area contributed by atoms with Gasteiger partial charge in [0.2, 0.25) is 0 Å². The zero-order chi connectivity index (χ0) is 22.6. The Labute approximate surface area is 179 Å². The number of hydrogen-bond acceptors (Lipinski definition) is 10. The van der Waals surface area contributed by atoms with Crippen LogP contribution in [-0.2, 0) is 0 Å². The molecule has 0 bridgehead atoms. The molecule has 32 heavy (non-hydrogen) atoms. The number of hydrogen-bond donors (Lipinski definition) is 6. The zero-order valence-corrected chi connectivity index (χ0v) is 16.3. The maximum atomic E-state index is 9.68. The molecule has 12 nitrogen and oxygen atoms in total. The fourth-order valence-electron chi connectivity index (χ4n) is 3.80. The Bertz CT molecular complexity index is 1500. The highest BCUT2D eigenvalue weighted by molar-refractivity contribution is 6.06. The fourth-order valence-corrected chi connectivity index (χ4v) is 3.80. The minimum absolute atomic E-state index is 0.0483. The fraction of sp³-hybridized carbons (Fsp3) is 0. The first-order valence-corrected chi connectivity index (χ1v) is 9.21. The molecule has 5 rings (SSSR count). The maximum Gasteiger partial charge on any atom is 0.185 e. The summed E-state index contributed by atoms with van der Waals surface area (Å²) in [6.45, 7) is 0. The lowest BCUT2D eigenvalue weighted by Gasteiger charge is -2.11. The normalized spacial score (nSPS) is 10.9. The summed E-state index contributed by atoms with van der Waals surface area (Å²) in [6.07, 6.45) is 0. The van der Waals surface area contributed by atoms with E-state index >= 15 is 0 Å². The average Bonchev–Trinajstić information content (AvgIpc) is 3.34. The molecule has 0 saturated carbocycles. The van der Waals surface area contributed by atoms with Gasteiger partial charge in [0.05, 0.1) is 10.8 Å². The Hall–Kier alpha value is -5.36. The van der Waals surface area contributed by atoms with E-state index < -0.39 is 0 Å². The first-order valence-electron chi connectivity index (χ1n) is 9.21. The molecule has 154 valence electrons. The summed E-state index contributed by atoms with van der Waals surface area (Å²) >= 11 is 0. The van der Waals surface area contributed by atoms with Crippen molar-refractivity contribution >= 4 is 45.3 Å². The molecular weight excluding hydrogens is 408 g/mol. The van der Waals surface area contributed by atoms with Gasteiger partial charge >= 0.3 is 0 Å². The lowest BCUT2D eigenvalue weighted by Crippen LogP contribution is -2.00. The van der Waals surface area contributed by atoms with Crippen molar-refractivity contribution in [3.63, 3.8) is 0 Å². The van der Waals surface area contributed by atoms with Gasteiger partial charge in [-0.05, 0) is 11.1 Å². The van der Waals surface area contributed by atoms with Gasteiger partial charge in [-0.15, -0.1) is 0 Å². The highest BCUT2D eigenvalue weighted by Gasteiger charge is 2.22. The Morgan fingerprint density at radius 1 is 0.656 bits per heavy atom. The van der Waals surface area contributed by atoms with Gasteiger partial charge in [0.1, 0.15) is 46.5 Å². The first kappa shape index (κ1) is 18.7. The van der Waals surface area contributed by atoms with Crippen molar-refractivity contribution in [3.8, 4) is 34.4 Å². The predicted molar refractivity (Wildman–Crippen MR) is 119 cm³/mol. The van der Waals surface area contributed by atoms with Gasteiger partial charge < -0.3 is 22.9 Å². The van der Waals surface area contributed by atoms with Crippen LogP contribution in [0.4, 0.5) is 23.3 Å². The number of nitrogens with two attached hydrogens (primary N) is 4. The van der Waals surface area contributed by atoms with E-state index in [1.165, 1.54) is 0 Å². The highest BCUT2D eigenvalue weighted by atomic mass is 15.2. The smallest absolute Gasteiger partial charge is 0.185 e. The van der Waals surface area contributed by atoms with Crippen molar-refractivity contribution in [1.82, 2.24) is 30.4 Å². The zero-order valence-electron chi connectivity index (χ0n) is 16.3. The molecule has 0 unspecified atom stereocenters. The minimum Gasteiger partial charge on any atom is -0.383 e. The molecule has 12 heteroatoms. The molecule has 0 radical (unpaired) electrons. The van der Waals surface area contributed by atoms with Crippen molar-refractivity contribution in [2.24, 2.45) is 0 Å². The molecular formula is C20H14N12. The van der Waals surface area contributed by atoms with Crippen LogP contribution in [0.2, 0.25) is 0 Å². The van der Waals surface area contributed by atoms with E-state index in [0.29, 0.717) is 44.3 Å². The van der Waals surface area contributed by atoms with Crippen LogP contribution < -0.4 is 22.9 Å². The number of pyridine rings is 2. The average molecular weight is 422 g/mol. The summed E-state index contributed by atoms with van der Waals surface area (Å²) in [5, 5.41) is 33.8. The molecule has 0 aliphatic heterocycles. The van der Waals surface area contributed by atoms with Crippen molar-refractivity contribution in [1.29, 1.82) is 10.5 Å². The number of fused-ring (bicyclic) bond motifs is 2. The van der Waals surface area contributed by atoms with Gasteiger partial charge in [0, 0.05) is 11.1 Å². The van der Waals surface area contributed by atoms with Crippen LogP contribution in [-0.4, -0.2) is 30.4 Å². The summed E-state index contributed by atoms with van der Waals surface area (Å²) in [5.41, 5.74) is 27.4. The number of anilines is 4. The van der Waals surface area contributed by atoms with Crippen molar-refractivity contribution in [3.05, 3.63) is 35.4 Å². The molecule has 5 aromatic rings. The van der Waals surface area contributed by atoms with E-state index in [-0.39, 0.29) is 34.4 Å². The first-order chi connectivity index (χ1) is 15.4. The molecule has 0 amide bonds. The van der Waals surface area contributed by atoms with Gasteiger partial charge in [-0.3, -0.25) is 10.2 Å². The van der Waals surface area contributed by atoms with E-state index in [4.69, 9.17) is 22.9 Å². The van der Waals surface area contributed by atoms with E-state index in [2.05, 4.69) is 42.5 Å². The third-order valence-corrected chi connectivity index (χ3v) is 5.20. The number of aromatic nitrogens is 6. The van der Waals surface area contributed by atoms with Crippen LogP contribution in [0.25, 0.3) is 44.3 Å². The number of nitriles is 2. The van der Waals surface area contributed by atoms with E-state index in [9.17, 15) is 10.5 Å². The lowest BCUT2D eigenvalue weighted by molar-refractivity contribution is 1.11. The molecule has 0 spiro atoms. The molecule has 0 aliphatic rings. The van der Waals surface area contributed by atoms with Gasteiger partial charge in [0.15, 0.2) is 11.3 Å². The molecule has 1 aromatic carbocycles. The second-order valence-electron chi connectivity index (χ2n) is 6.97. The summed E-state index contributed by atoms with van der Waals surface area (Å²) in [6, 6.07) is 11.3. The van der Waals surface area contributed by atoms with E-state index in [1.807, 2.05) is 0 Å². The van der Waals surface area contributed by atoms with Gasteiger partial charge in [-0.2, -0.15) is 20.7 Å².